The number of aromatic nitrogens is 3. The Morgan fingerprint density at radius 3 is 2.83 bits per heavy atom. The van der Waals surface area contributed by atoms with E-state index >= 15 is 0 Å². The number of fused-ring (bicyclic) bond motifs is 1. The summed E-state index contributed by atoms with van der Waals surface area (Å²) in [7, 11) is 0. The van der Waals surface area contributed by atoms with Crippen molar-refractivity contribution in [3.63, 3.8) is 0 Å². The number of hydrogen-bond donors (Lipinski definition) is 0. The van der Waals surface area contributed by atoms with Gasteiger partial charge in [0.2, 0.25) is 0 Å². The molecular formula is C13H9ClFN3. The monoisotopic (exact) mass is 261 g/mol. The van der Waals surface area contributed by atoms with Crippen molar-refractivity contribution in [1.82, 2.24) is 15.0 Å². The summed E-state index contributed by atoms with van der Waals surface area (Å²) in [4.78, 5) is 0. The van der Waals surface area contributed by atoms with E-state index in [0.717, 1.165) is 16.7 Å². The Balaban J connectivity index is 2.20. The van der Waals surface area contributed by atoms with Gasteiger partial charge in [0.25, 0.3) is 0 Å². The van der Waals surface area contributed by atoms with Crippen LogP contribution in [-0.4, -0.2) is 15.0 Å². The van der Waals surface area contributed by atoms with E-state index in [4.69, 9.17) is 11.6 Å². The first-order chi connectivity index (χ1) is 8.79. The van der Waals surface area contributed by atoms with Crippen LogP contribution in [0.2, 0.25) is 5.02 Å². The van der Waals surface area contributed by atoms with Gasteiger partial charge in [0.1, 0.15) is 12.2 Å². The molecule has 0 atom stereocenters. The lowest BCUT2D eigenvalue weighted by Crippen LogP contribution is -1.97. The minimum absolute atomic E-state index is 0.422. The van der Waals surface area contributed by atoms with Crippen LogP contribution in [0, 0.1) is 0 Å². The topological polar surface area (TPSA) is 30.7 Å². The van der Waals surface area contributed by atoms with Crippen molar-refractivity contribution in [3.8, 4) is 5.69 Å². The third-order valence-electron chi connectivity index (χ3n) is 2.77. The minimum Gasteiger partial charge on any atom is -0.246 e. The van der Waals surface area contributed by atoms with Gasteiger partial charge < -0.3 is 0 Å². The fourth-order valence-electron chi connectivity index (χ4n) is 1.85. The Morgan fingerprint density at radius 1 is 1.17 bits per heavy atom. The molecule has 0 saturated heterocycles. The molecule has 0 saturated carbocycles. The lowest BCUT2D eigenvalue weighted by Gasteiger charge is -2.05. The van der Waals surface area contributed by atoms with E-state index in [2.05, 4.69) is 10.3 Å². The molecule has 0 aliphatic carbocycles. The zero-order valence-corrected chi connectivity index (χ0v) is 10.1. The van der Waals surface area contributed by atoms with E-state index < -0.39 is 6.67 Å². The van der Waals surface area contributed by atoms with Gasteiger partial charge in [0, 0.05) is 10.6 Å². The number of para-hydroxylation sites is 1. The molecule has 0 fully saturated rings. The summed E-state index contributed by atoms with van der Waals surface area (Å²) < 4.78 is 14.5. The molecule has 2 aromatic carbocycles. The fourth-order valence-corrected chi connectivity index (χ4v) is 2.02. The van der Waals surface area contributed by atoms with Gasteiger partial charge in [-0.25, -0.2) is 9.07 Å². The highest BCUT2D eigenvalue weighted by Gasteiger charge is 2.08. The normalized spacial score (nSPS) is 11.0. The molecule has 0 radical (unpaired) electrons. The molecule has 90 valence electrons. The Morgan fingerprint density at radius 2 is 2.00 bits per heavy atom. The molecule has 3 nitrogen and oxygen atoms in total. The highest BCUT2D eigenvalue weighted by molar-refractivity contribution is 6.31. The van der Waals surface area contributed by atoms with E-state index in [1.165, 1.54) is 0 Å². The average molecular weight is 262 g/mol. The molecule has 3 rings (SSSR count). The highest BCUT2D eigenvalue weighted by Crippen LogP contribution is 2.22. The summed E-state index contributed by atoms with van der Waals surface area (Å²) in [6.45, 7) is -0.598. The summed E-state index contributed by atoms with van der Waals surface area (Å²) in [5, 5.41) is 8.55. The fraction of sp³-hybridized carbons (Fsp3) is 0.0769. The van der Waals surface area contributed by atoms with E-state index in [1.807, 2.05) is 24.3 Å². The van der Waals surface area contributed by atoms with Crippen molar-refractivity contribution in [2.75, 3.05) is 0 Å². The molecule has 0 spiro atoms. The summed E-state index contributed by atoms with van der Waals surface area (Å²) in [5.74, 6) is 0. The molecule has 5 heteroatoms. The van der Waals surface area contributed by atoms with Crippen LogP contribution in [-0.2, 0) is 6.67 Å². The summed E-state index contributed by atoms with van der Waals surface area (Å²) in [5.41, 5.74) is 2.88. The predicted molar refractivity (Wildman–Crippen MR) is 68.7 cm³/mol. The maximum atomic E-state index is 12.8. The molecule has 1 aromatic heterocycles. The molecule has 18 heavy (non-hydrogen) atoms. The molecule has 0 bridgehead atoms. The average Bonchev–Trinajstić information content (AvgIpc) is 2.83. The van der Waals surface area contributed by atoms with E-state index in [1.54, 1.807) is 22.9 Å². The SMILES string of the molecule is FCc1cc(-n2nnc3ccccc32)ccc1Cl. The summed E-state index contributed by atoms with van der Waals surface area (Å²) in [6, 6.07) is 12.8. The van der Waals surface area contributed by atoms with Crippen LogP contribution in [0.3, 0.4) is 0 Å². The van der Waals surface area contributed by atoms with Gasteiger partial charge in [-0.15, -0.1) is 5.10 Å². The molecule has 3 aromatic rings. The largest absolute Gasteiger partial charge is 0.246 e. The quantitative estimate of drug-likeness (QED) is 0.706. The van der Waals surface area contributed by atoms with Gasteiger partial charge in [-0.2, -0.15) is 0 Å². The second-order valence-corrected chi connectivity index (χ2v) is 4.31. The second kappa shape index (κ2) is 4.38. The van der Waals surface area contributed by atoms with Gasteiger partial charge >= 0.3 is 0 Å². The van der Waals surface area contributed by atoms with Crippen molar-refractivity contribution in [2.24, 2.45) is 0 Å². The van der Waals surface area contributed by atoms with E-state index in [9.17, 15) is 4.39 Å². The van der Waals surface area contributed by atoms with Crippen LogP contribution < -0.4 is 0 Å². The third-order valence-corrected chi connectivity index (χ3v) is 3.14. The minimum atomic E-state index is -0.598. The third kappa shape index (κ3) is 1.75. The first kappa shape index (κ1) is 11.2. The maximum Gasteiger partial charge on any atom is 0.116 e. The Kier molecular flexibility index (Phi) is 2.72. The molecule has 1 heterocycles. The van der Waals surface area contributed by atoms with Crippen molar-refractivity contribution in [1.29, 1.82) is 0 Å². The first-order valence-corrected chi connectivity index (χ1v) is 5.82. The van der Waals surface area contributed by atoms with Gasteiger partial charge in [-0.05, 0) is 30.3 Å². The number of alkyl halides is 1. The molecule has 0 unspecified atom stereocenters. The molecule has 0 N–H and O–H groups in total. The van der Waals surface area contributed by atoms with Gasteiger partial charge in [0.05, 0.1) is 11.2 Å². The summed E-state index contributed by atoms with van der Waals surface area (Å²) in [6.07, 6.45) is 0. The Labute approximate surface area is 108 Å². The smallest absolute Gasteiger partial charge is 0.116 e. The van der Waals surface area contributed by atoms with Crippen LogP contribution >= 0.6 is 11.6 Å². The Bertz CT molecular complexity index is 708. The number of nitrogens with zero attached hydrogens (tertiary/aromatic N) is 3. The van der Waals surface area contributed by atoms with Crippen molar-refractivity contribution < 1.29 is 4.39 Å². The molecule has 0 amide bonds. The highest BCUT2D eigenvalue weighted by atomic mass is 35.5. The number of hydrogen-bond acceptors (Lipinski definition) is 2. The maximum absolute atomic E-state index is 12.8. The number of rotatable bonds is 2. The van der Waals surface area contributed by atoms with Crippen molar-refractivity contribution >= 4 is 22.6 Å². The van der Waals surface area contributed by atoms with Crippen molar-refractivity contribution in [3.05, 3.63) is 53.1 Å². The van der Waals surface area contributed by atoms with Gasteiger partial charge in [-0.3, -0.25) is 0 Å². The summed E-state index contributed by atoms with van der Waals surface area (Å²) >= 11 is 5.89. The first-order valence-electron chi connectivity index (χ1n) is 5.45. The van der Waals surface area contributed by atoms with Crippen LogP contribution in [0.15, 0.2) is 42.5 Å². The lowest BCUT2D eigenvalue weighted by molar-refractivity contribution is 0.485. The van der Waals surface area contributed by atoms with Crippen LogP contribution in [0.4, 0.5) is 4.39 Å². The number of benzene rings is 2. The van der Waals surface area contributed by atoms with Crippen molar-refractivity contribution in [2.45, 2.75) is 6.67 Å². The van der Waals surface area contributed by atoms with Crippen LogP contribution in [0.5, 0.6) is 0 Å². The number of halogens is 2. The van der Waals surface area contributed by atoms with Gasteiger partial charge in [-0.1, -0.05) is 28.9 Å². The zero-order valence-electron chi connectivity index (χ0n) is 9.35. The van der Waals surface area contributed by atoms with E-state index in [0.29, 0.717) is 10.6 Å². The molecule has 0 aliphatic heterocycles. The zero-order chi connectivity index (χ0) is 12.5. The lowest BCUT2D eigenvalue weighted by atomic mass is 10.2. The Hall–Kier alpha value is -1.94. The van der Waals surface area contributed by atoms with E-state index in [-0.39, 0.29) is 0 Å². The standard InChI is InChI=1S/C13H9ClFN3/c14-11-6-5-10(7-9(11)8-15)18-13-4-2-1-3-12(13)16-17-18/h1-7H,8H2. The molecule has 0 aliphatic rings. The second-order valence-electron chi connectivity index (χ2n) is 3.90. The molecular weight excluding hydrogens is 253 g/mol. The predicted octanol–water partition coefficient (Wildman–Crippen LogP) is 3.54. The van der Waals surface area contributed by atoms with Gasteiger partial charge in [0.15, 0.2) is 0 Å². The van der Waals surface area contributed by atoms with Crippen LogP contribution in [0.1, 0.15) is 5.56 Å². The van der Waals surface area contributed by atoms with Crippen LogP contribution in [0.25, 0.3) is 16.7 Å².